The summed E-state index contributed by atoms with van der Waals surface area (Å²) >= 11 is 0. The Labute approximate surface area is 157 Å². The molecule has 1 aliphatic carbocycles. The van der Waals surface area contributed by atoms with Gasteiger partial charge in [-0.2, -0.15) is 8.42 Å². The molecule has 0 bridgehead atoms. The summed E-state index contributed by atoms with van der Waals surface area (Å²) in [6, 6.07) is 4.86. The van der Waals surface area contributed by atoms with Gasteiger partial charge in [-0.3, -0.25) is 4.55 Å². The van der Waals surface area contributed by atoms with E-state index in [1.165, 1.54) is 18.2 Å². The average Bonchev–Trinajstić information content (AvgIpc) is 2.90. The molecule has 8 nitrogen and oxygen atoms in total. The molecule has 10 heteroatoms. The molecule has 148 valence electrons. The minimum atomic E-state index is -4.68. The number of rotatable bonds is 4. The highest BCUT2D eigenvalue weighted by Crippen LogP contribution is 2.40. The van der Waals surface area contributed by atoms with Gasteiger partial charge in [-0.05, 0) is 37.5 Å². The van der Waals surface area contributed by atoms with Crippen molar-refractivity contribution in [1.29, 1.82) is 0 Å². The van der Waals surface area contributed by atoms with Gasteiger partial charge in [0.05, 0.1) is 10.9 Å². The number of aryl methyl sites for hydroxylation is 1. The third kappa shape index (κ3) is 3.56. The van der Waals surface area contributed by atoms with Crippen molar-refractivity contribution in [3.63, 3.8) is 0 Å². The summed E-state index contributed by atoms with van der Waals surface area (Å²) in [5.74, 6) is -1.43. The van der Waals surface area contributed by atoms with Gasteiger partial charge in [-0.25, -0.2) is 13.0 Å². The van der Waals surface area contributed by atoms with Gasteiger partial charge in [-0.1, -0.05) is 25.3 Å². The predicted molar refractivity (Wildman–Crippen MR) is 97.7 cm³/mol. The second-order valence-electron chi connectivity index (χ2n) is 6.78. The monoisotopic (exact) mass is 415 g/mol. The topological polar surface area (TPSA) is 134 Å². The smallest absolute Gasteiger partial charge is 0.296 e. The normalized spacial score (nSPS) is 16.5. The van der Waals surface area contributed by atoms with Crippen LogP contribution in [-0.4, -0.2) is 41.4 Å². The van der Waals surface area contributed by atoms with Crippen molar-refractivity contribution >= 4 is 20.0 Å². The molecule has 1 aromatic heterocycles. The Morgan fingerprint density at radius 3 is 2.19 bits per heavy atom. The van der Waals surface area contributed by atoms with Crippen LogP contribution in [-0.2, 0) is 20.0 Å². The maximum atomic E-state index is 12.9. The fourth-order valence-electron chi connectivity index (χ4n) is 3.48. The van der Waals surface area contributed by atoms with Gasteiger partial charge in [0.15, 0.2) is 15.7 Å². The number of hydrogen-bond donors (Lipinski definition) is 3. The summed E-state index contributed by atoms with van der Waals surface area (Å²) in [6.45, 7) is 1.60. The van der Waals surface area contributed by atoms with Gasteiger partial charge in [0.25, 0.3) is 10.1 Å². The van der Waals surface area contributed by atoms with Crippen molar-refractivity contribution in [2.45, 2.75) is 54.1 Å². The number of aromatic nitrogens is 1. The van der Waals surface area contributed by atoms with E-state index in [9.17, 15) is 31.6 Å². The lowest BCUT2D eigenvalue weighted by atomic mass is 10.0. The molecule has 0 unspecified atom stereocenters. The lowest BCUT2D eigenvalue weighted by molar-refractivity contribution is 0.395. The first-order chi connectivity index (χ1) is 12.5. The molecule has 0 saturated heterocycles. The molecule has 1 aliphatic rings. The minimum absolute atomic E-state index is 0.247. The third-order valence-electron chi connectivity index (χ3n) is 4.85. The van der Waals surface area contributed by atoms with Gasteiger partial charge >= 0.3 is 0 Å². The van der Waals surface area contributed by atoms with Crippen molar-refractivity contribution in [3.05, 3.63) is 29.8 Å². The van der Waals surface area contributed by atoms with Crippen molar-refractivity contribution in [1.82, 2.24) is 4.57 Å². The highest BCUT2D eigenvalue weighted by Gasteiger charge is 2.35. The van der Waals surface area contributed by atoms with E-state index in [1.807, 2.05) is 0 Å². The highest BCUT2D eigenvalue weighted by atomic mass is 32.2. The van der Waals surface area contributed by atoms with E-state index < -0.39 is 46.8 Å². The fourth-order valence-corrected chi connectivity index (χ4v) is 6.17. The van der Waals surface area contributed by atoms with Gasteiger partial charge in [0.2, 0.25) is 5.88 Å². The van der Waals surface area contributed by atoms with Crippen molar-refractivity contribution < 1.29 is 31.6 Å². The Kier molecular flexibility index (Phi) is 5.00. The van der Waals surface area contributed by atoms with Gasteiger partial charge in [0.1, 0.15) is 9.79 Å². The Bertz CT molecular complexity index is 1080. The SMILES string of the molecule is Cc1ccc(-n2c(O)cc(S(=O)(=O)C3CCCCC3)c2O)c(S(=O)(=O)O)c1. The quantitative estimate of drug-likeness (QED) is 0.653. The molecule has 0 spiro atoms. The van der Waals surface area contributed by atoms with Crippen LogP contribution in [0.1, 0.15) is 37.7 Å². The van der Waals surface area contributed by atoms with Gasteiger partial charge in [0, 0.05) is 6.07 Å². The zero-order valence-corrected chi connectivity index (χ0v) is 16.3. The Balaban J connectivity index is 2.19. The Morgan fingerprint density at radius 1 is 0.963 bits per heavy atom. The van der Waals surface area contributed by atoms with Crippen molar-refractivity contribution in [2.75, 3.05) is 0 Å². The molecule has 1 fully saturated rings. The first-order valence-corrected chi connectivity index (χ1v) is 11.5. The van der Waals surface area contributed by atoms with Gasteiger partial charge in [-0.15, -0.1) is 0 Å². The molecule has 1 saturated carbocycles. The maximum Gasteiger partial charge on any atom is 0.296 e. The van der Waals surface area contributed by atoms with Crippen molar-refractivity contribution in [2.24, 2.45) is 0 Å². The molecule has 1 heterocycles. The molecule has 0 amide bonds. The average molecular weight is 415 g/mol. The van der Waals surface area contributed by atoms with E-state index in [-0.39, 0.29) is 5.69 Å². The lowest BCUT2D eigenvalue weighted by Gasteiger charge is -2.21. The molecular weight excluding hydrogens is 394 g/mol. The van der Waals surface area contributed by atoms with Crippen LogP contribution in [0.25, 0.3) is 5.69 Å². The van der Waals surface area contributed by atoms with E-state index in [1.54, 1.807) is 6.92 Å². The van der Waals surface area contributed by atoms with Crippen LogP contribution in [0.15, 0.2) is 34.1 Å². The van der Waals surface area contributed by atoms with Crippen LogP contribution in [0.5, 0.6) is 11.8 Å². The van der Waals surface area contributed by atoms with E-state index in [2.05, 4.69) is 0 Å². The second-order valence-corrected chi connectivity index (χ2v) is 10.4. The first-order valence-electron chi connectivity index (χ1n) is 8.49. The molecule has 2 aromatic rings. The maximum absolute atomic E-state index is 12.9. The summed E-state index contributed by atoms with van der Waals surface area (Å²) < 4.78 is 59.4. The highest BCUT2D eigenvalue weighted by molar-refractivity contribution is 7.92. The number of hydrogen-bond acceptors (Lipinski definition) is 6. The molecular formula is C17H21NO7S2. The summed E-state index contributed by atoms with van der Waals surface area (Å²) in [7, 11) is -8.58. The summed E-state index contributed by atoms with van der Waals surface area (Å²) in [6.07, 6.45) is 3.42. The number of sulfone groups is 1. The summed E-state index contributed by atoms with van der Waals surface area (Å²) in [5, 5.41) is 20.1. The molecule has 0 aliphatic heterocycles. The van der Waals surface area contributed by atoms with E-state index in [0.29, 0.717) is 23.0 Å². The van der Waals surface area contributed by atoms with Gasteiger partial charge < -0.3 is 10.2 Å². The Morgan fingerprint density at radius 2 is 1.59 bits per heavy atom. The third-order valence-corrected chi connectivity index (χ3v) is 8.00. The standard InChI is InChI=1S/C17H21NO7S2/c1-11-7-8-13(14(9-11)27(23,24)25)18-16(19)10-15(17(18)20)26(21,22)12-5-3-2-4-6-12/h7-10,12,19-20H,2-6H2,1H3,(H,23,24,25). The van der Waals surface area contributed by atoms with Crippen LogP contribution in [0.2, 0.25) is 0 Å². The molecule has 1 aromatic carbocycles. The number of aromatic hydroxyl groups is 2. The van der Waals surface area contributed by atoms with E-state index in [0.717, 1.165) is 25.3 Å². The van der Waals surface area contributed by atoms with E-state index in [4.69, 9.17) is 0 Å². The number of benzene rings is 1. The first kappa shape index (κ1) is 19.7. The Hall–Kier alpha value is -2.04. The summed E-state index contributed by atoms with van der Waals surface area (Å²) in [4.78, 5) is -1.00. The van der Waals surface area contributed by atoms with Crippen LogP contribution >= 0.6 is 0 Å². The summed E-state index contributed by atoms with van der Waals surface area (Å²) in [5.41, 5.74) is 0.274. The number of nitrogens with zero attached hydrogens (tertiary/aromatic N) is 1. The zero-order chi connectivity index (χ0) is 20.0. The molecule has 27 heavy (non-hydrogen) atoms. The van der Waals surface area contributed by atoms with Crippen LogP contribution in [0.3, 0.4) is 0 Å². The van der Waals surface area contributed by atoms with Crippen LogP contribution in [0, 0.1) is 6.92 Å². The lowest BCUT2D eigenvalue weighted by Crippen LogP contribution is -2.23. The second kappa shape index (κ2) is 6.84. The van der Waals surface area contributed by atoms with Crippen molar-refractivity contribution in [3.8, 4) is 17.4 Å². The fraction of sp³-hybridized carbons (Fsp3) is 0.412. The van der Waals surface area contributed by atoms with Crippen LogP contribution in [0.4, 0.5) is 0 Å². The van der Waals surface area contributed by atoms with Crippen LogP contribution < -0.4 is 0 Å². The molecule has 3 rings (SSSR count). The molecule has 3 N–H and O–H groups in total. The molecule has 0 radical (unpaired) electrons. The molecule has 0 atom stereocenters. The van der Waals surface area contributed by atoms with E-state index >= 15 is 0 Å². The largest absolute Gasteiger partial charge is 0.494 e. The predicted octanol–water partition coefficient (Wildman–Crippen LogP) is 2.55. The minimum Gasteiger partial charge on any atom is -0.494 e. The zero-order valence-electron chi connectivity index (χ0n) is 14.7.